The molecule has 8 heavy (non-hydrogen) atoms. The molecular weight excluding hydrogens is 120 g/mol. The van der Waals surface area contributed by atoms with E-state index in [1.807, 2.05) is 12.2 Å². The Morgan fingerprint density at radius 1 is 1.75 bits per heavy atom. The summed E-state index contributed by atoms with van der Waals surface area (Å²) in [4.78, 5) is 0. The molecule has 0 unspecified atom stereocenters. The van der Waals surface area contributed by atoms with Crippen molar-refractivity contribution in [2.45, 2.75) is 6.92 Å². The molecule has 0 N–H and O–H groups in total. The average molecular weight is 131 g/mol. The van der Waals surface area contributed by atoms with E-state index in [1.54, 1.807) is 6.08 Å². The minimum Gasteiger partial charge on any atom is -0.126 e. The first-order valence-electron chi connectivity index (χ1n) is 2.66. The lowest BCUT2D eigenvalue weighted by Gasteiger charge is -1.94. The van der Waals surface area contributed by atoms with Crippen LogP contribution in [0.1, 0.15) is 6.92 Å². The van der Waals surface area contributed by atoms with Gasteiger partial charge in [-0.2, -0.15) is 0 Å². The van der Waals surface area contributed by atoms with Gasteiger partial charge in [-0.05, 0) is 5.92 Å². The fraction of sp³-hybridized carbons (Fsp3) is 0.429. The molecule has 0 amide bonds. The zero-order valence-electron chi connectivity index (χ0n) is 5.10. The molecule has 0 spiro atoms. The summed E-state index contributed by atoms with van der Waals surface area (Å²) in [5.74, 6) is 1.15. The van der Waals surface area contributed by atoms with Gasteiger partial charge >= 0.3 is 0 Å². The van der Waals surface area contributed by atoms with Gasteiger partial charge in [-0.3, -0.25) is 0 Å². The van der Waals surface area contributed by atoms with E-state index in [-0.39, 0.29) is 0 Å². The number of hydrogen-bond donors (Lipinski definition) is 0. The summed E-state index contributed by atoms with van der Waals surface area (Å²) in [6, 6.07) is 0. The maximum atomic E-state index is 5.50. The van der Waals surface area contributed by atoms with Gasteiger partial charge in [0.05, 0.1) is 0 Å². The molecule has 0 aromatic heterocycles. The lowest BCUT2D eigenvalue weighted by atomic mass is 10.2. The van der Waals surface area contributed by atoms with Crippen LogP contribution in [-0.4, -0.2) is 5.88 Å². The van der Waals surface area contributed by atoms with E-state index in [0.717, 1.165) is 0 Å². The fourth-order valence-electron chi connectivity index (χ4n) is 0.320. The molecule has 46 valence electrons. The lowest BCUT2D eigenvalue weighted by molar-refractivity contribution is 0.841. The van der Waals surface area contributed by atoms with Crippen LogP contribution in [0.4, 0.5) is 0 Å². The van der Waals surface area contributed by atoms with Crippen molar-refractivity contribution in [3.8, 4) is 0 Å². The minimum atomic E-state index is 0.467. The van der Waals surface area contributed by atoms with Crippen LogP contribution in [0.2, 0.25) is 0 Å². The fourth-order valence-corrected chi connectivity index (χ4v) is 0.423. The largest absolute Gasteiger partial charge is 0.126 e. The van der Waals surface area contributed by atoms with Gasteiger partial charge in [0.15, 0.2) is 0 Å². The highest BCUT2D eigenvalue weighted by atomic mass is 35.5. The Balaban J connectivity index is 3.35. The monoisotopic (exact) mass is 130 g/mol. The van der Waals surface area contributed by atoms with Crippen LogP contribution in [0.5, 0.6) is 0 Å². The first-order chi connectivity index (χ1) is 3.81. The number of hydrogen-bond acceptors (Lipinski definition) is 0. The van der Waals surface area contributed by atoms with Crippen molar-refractivity contribution in [3.63, 3.8) is 0 Å². The Morgan fingerprint density at radius 3 is 2.75 bits per heavy atom. The van der Waals surface area contributed by atoms with E-state index in [4.69, 9.17) is 11.6 Å². The van der Waals surface area contributed by atoms with Gasteiger partial charge in [-0.25, -0.2) is 0 Å². The van der Waals surface area contributed by atoms with Crippen molar-refractivity contribution in [1.82, 2.24) is 0 Å². The van der Waals surface area contributed by atoms with Gasteiger partial charge in [0.25, 0.3) is 0 Å². The maximum Gasteiger partial charge on any atom is 0.0283 e. The standard InChI is InChI=1S/C7H11Cl/c1-3-4-5-7(2)6-8/h3-5,7H,1,6H2,2H3/b5-4-/t7-/m1/s1. The molecule has 0 aromatic rings. The molecule has 0 saturated carbocycles. The highest BCUT2D eigenvalue weighted by Crippen LogP contribution is 1.98. The molecule has 0 aliphatic carbocycles. The summed E-state index contributed by atoms with van der Waals surface area (Å²) in [6.45, 7) is 5.60. The second-order valence-electron chi connectivity index (χ2n) is 1.75. The van der Waals surface area contributed by atoms with Crippen LogP contribution in [0, 0.1) is 5.92 Å². The van der Waals surface area contributed by atoms with Crippen molar-refractivity contribution >= 4 is 11.6 Å². The number of alkyl halides is 1. The van der Waals surface area contributed by atoms with Crippen LogP contribution in [0.3, 0.4) is 0 Å². The van der Waals surface area contributed by atoms with Crippen molar-refractivity contribution in [1.29, 1.82) is 0 Å². The summed E-state index contributed by atoms with van der Waals surface area (Å²) in [5.41, 5.74) is 0. The molecule has 0 aliphatic rings. The summed E-state index contributed by atoms with van der Waals surface area (Å²) in [7, 11) is 0. The second kappa shape index (κ2) is 4.92. The van der Waals surface area contributed by atoms with Gasteiger partial charge in [0.2, 0.25) is 0 Å². The van der Waals surface area contributed by atoms with Gasteiger partial charge in [0, 0.05) is 5.88 Å². The van der Waals surface area contributed by atoms with E-state index in [1.165, 1.54) is 0 Å². The number of rotatable bonds is 3. The second-order valence-corrected chi connectivity index (χ2v) is 2.06. The zero-order valence-corrected chi connectivity index (χ0v) is 5.86. The SMILES string of the molecule is C=C/C=C\[C@@H](C)CCl. The first kappa shape index (κ1) is 7.77. The Hall–Kier alpha value is -0.230. The number of halogens is 1. The molecule has 0 saturated heterocycles. The van der Waals surface area contributed by atoms with Gasteiger partial charge in [-0.15, -0.1) is 11.6 Å². The van der Waals surface area contributed by atoms with E-state index >= 15 is 0 Å². The molecule has 0 radical (unpaired) electrons. The predicted molar refractivity (Wildman–Crippen MR) is 39.2 cm³/mol. The van der Waals surface area contributed by atoms with Crippen LogP contribution >= 0.6 is 11.6 Å². The van der Waals surface area contributed by atoms with Crippen molar-refractivity contribution < 1.29 is 0 Å². The Labute approximate surface area is 55.9 Å². The highest BCUT2D eigenvalue weighted by molar-refractivity contribution is 6.18. The summed E-state index contributed by atoms with van der Waals surface area (Å²) < 4.78 is 0. The Bertz CT molecular complexity index is 84.4. The van der Waals surface area contributed by atoms with Gasteiger partial charge in [0.1, 0.15) is 0 Å². The molecule has 0 heterocycles. The molecular formula is C7H11Cl. The topological polar surface area (TPSA) is 0 Å². The third-order valence-corrected chi connectivity index (χ3v) is 1.31. The summed E-state index contributed by atoms with van der Waals surface area (Å²) >= 11 is 5.50. The molecule has 0 aromatic carbocycles. The third kappa shape index (κ3) is 3.94. The third-order valence-electron chi connectivity index (χ3n) is 0.819. The maximum absolute atomic E-state index is 5.50. The van der Waals surface area contributed by atoms with Gasteiger partial charge < -0.3 is 0 Å². The number of allylic oxidation sites excluding steroid dienone is 3. The van der Waals surface area contributed by atoms with Crippen molar-refractivity contribution in [2.75, 3.05) is 5.88 Å². The lowest BCUT2D eigenvalue weighted by Crippen LogP contribution is -1.87. The van der Waals surface area contributed by atoms with E-state index in [9.17, 15) is 0 Å². The van der Waals surface area contributed by atoms with E-state index < -0.39 is 0 Å². The minimum absolute atomic E-state index is 0.467. The van der Waals surface area contributed by atoms with Crippen LogP contribution < -0.4 is 0 Å². The molecule has 0 bridgehead atoms. The molecule has 1 heteroatoms. The quantitative estimate of drug-likeness (QED) is 0.407. The van der Waals surface area contributed by atoms with Crippen LogP contribution in [0.15, 0.2) is 24.8 Å². The first-order valence-corrected chi connectivity index (χ1v) is 3.20. The molecule has 1 atom stereocenters. The molecule has 0 fully saturated rings. The van der Waals surface area contributed by atoms with Crippen LogP contribution in [-0.2, 0) is 0 Å². The van der Waals surface area contributed by atoms with Gasteiger partial charge in [-0.1, -0.05) is 31.7 Å². The van der Waals surface area contributed by atoms with E-state index in [0.29, 0.717) is 11.8 Å². The normalized spacial score (nSPS) is 14.2. The average Bonchev–Trinajstić information content (AvgIpc) is 1.83. The van der Waals surface area contributed by atoms with Crippen molar-refractivity contribution in [2.24, 2.45) is 5.92 Å². The predicted octanol–water partition coefficient (Wildman–Crippen LogP) is 2.60. The summed E-state index contributed by atoms with van der Waals surface area (Å²) in [6.07, 6.45) is 5.69. The molecule has 0 rings (SSSR count). The Morgan fingerprint density at radius 2 is 2.38 bits per heavy atom. The highest BCUT2D eigenvalue weighted by Gasteiger charge is 1.88. The van der Waals surface area contributed by atoms with E-state index in [2.05, 4.69) is 13.5 Å². The Kier molecular flexibility index (Phi) is 4.78. The molecule has 0 aliphatic heterocycles. The van der Waals surface area contributed by atoms with Crippen LogP contribution in [0.25, 0.3) is 0 Å². The smallest absolute Gasteiger partial charge is 0.0283 e. The summed E-state index contributed by atoms with van der Waals surface area (Å²) in [5, 5.41) is 0. The zero-order chi connectivity index (χ0) is 6.41. The van der Waals surface area contributed by atoms with Crippen molar-refractivity contribution in [3.05, 3.63) is 24.8 Å². The molecule has 0 nitrogen and oxygen atoms in total.